The molecule has 0 aromatic heterocycles. The SMILES string of the molecule is Cc1ccc(S(=O)(=O)O[C@@H]2[C@@H]3OC(C)(C)O[C@@H]3O[C@H]2[C@H]2COC(C)(C)O2)cc1. The Morgan fingerprint density at radius 1 is 0.964 bits per heavy atom. The summed E-state index contributed by atoms with van der Waals surface area (Å²) in [7, 11) is -4.04. The molecule has 5 atom stereocenters. The fourth-order valence-electron chi connectivity index (χ4n) is 3.70. The molecule has 3 aliphatic rings. The van der Waals surface area contributed by atoms with Crippen LogP contribution in [0, 0.1) is 6.92 Å². The topological polar surface area (TPSA) is 89.5 Å². The van der Waals surface area contributed by atoms with Crippen molar-refractivity contribution in [1.82, 2.24) is 0 Å². The van der Waals surface area contributed by atoms with Crippen LogP contribution >= 0.6 is 0 Å². The summed E-state index contributed by atoms with van der Waals surface area (Å²) in [5, 5.41) is 0. The third kappa shape index (κ3) is 3.85. The molecule has 8 nitrogen and oxygen atoms in total. The highest BCUT2D eigenvalue weighted by Gasteiger charge is 2.60. The summed E-state index contributed by atoms with van der Waals surface area (Å²) in [6.07, 6.45) is -3.60. The van der Waals surface area contributed by atoms with E-state index in [-0.39, 0.29) is 11.5 Å². The molecular weight excluding hydrogens is 388 g/mol. The van der Waals surface area contributed by atoms with E-state index < -0.39 is 52.4 Å². The van der Waals surface area contributed by atoms with Crippen molar-refractivity contribution in [2.45, 2.75) is 81.8 Å². The second-order valence-electron chi connectivity index (χ2n) is 8.26. The van der Waals surface area contributed by atoms with E-state index in [2.05, 4.69) is 0 Å². The maximum Gasteiger partial charge on any atom is 0.297 e. The lowest BCUT2D eigenvalue weighted by molar-refractivity contribution is -0.230. The summed E-state index contributed by atoms with van der Waals surface area (Å²) in [6.45, 7) is 9.20. The van der Waals surface area contributed by atoms with Gasteiger partial charge in [-0.3, -0.25) is 4.18 Å². The first-order chi connectivity index (χ1) is 13.0. The van der Waals surface area contributed by atoms with Crippen LogP contribution in [0.25, 0.3) is 0 Å². The van der Waals surface area contributed by atoms with Crippen LogP contribution in [0.4, 0.5) is 0 Å². The van der Waals surface area contributed by atoms with Crippen molar-refractivity contribution in [2.75, 3.05) is 6.61 Å². The maximum atomic E-state index is 12.9. The van der Waals surface area contributed by atoms with E-state index in [0.717, 1.165) is 5.56 Å². The van der Waals surface area contributed by atoms with E-state index in [4.69, 9.17) is 27.9 Å². The number of hydrogen-bond donors (Lipinski definition) is 0. The maximum absolute atomic E-state index is 12.9. The lowest BCUT2D eigenvalue weighted by atomic mass is 10.1. The van der Waals surface area contributed by atoms with Gasteiger partial charge in [0.25, 0.3) is 10.1 Å². The molecule has 0 bridgehead atoms. The largest absolute Gasteiger partial charge is 0.348 e. The van der Waals surface area contributed by atoms with Crippen molar-refractivity contribution in [3.05, 3.63) is 29.8 Å². The minimum atomic E-state index is -4.04. The van der Waals surface area contributed by atoms with Gasteiger partial charge in [-0.2, -0.15) is 8.42 Å². The second kappa shape index (κ2) is 6.73. The minimum absolute atomic E-state index is 0.0717. The van der Waals surface area contributed by atoms with E-state index in [0.29, 0.717) is 0 Å². The van der Waals surface area contributed by atoms with Crippen molar-refractivity contribution in [2.24, 2.45) is 0 Å². The minimum Gasteiger partial charge on any atom is -0.348 e. The normalized spacial score (nSPS) is 36.5. The number of benzene rings is 1. The Hall–Kier alpha value is -1.07. The zero-order valence-corrected chi connectivity index (χ0v) is 17.4. The molecule has 3 fully saturated rings. The predicted molar refractivity (Wildman–Crippen MR) is 96.8 cm³/mol. The van der Waals surface area contributed by atoms with Gasteiger partial charge in [-0.25, -0.2) is 0 Å². The summed E-state index contributed by atoms with van der Waals surface area (Å²) in [5.74, 6) is -1.69. The van der Waals surface area contributed by atoms with E-state index in [9.17, 15) is 8.42 Å². The summed E-state index contributed by atoms with van der Waals surface area (Å²) in [6, 6.07) is 6.47. The molecule has 0 saturated carbocycles. The van der Waals surface area contributed by atoms with Crippen LogP contribution in [0.1, 0.15) is 33.3 Å². The first-order valence-corrected chi connectivity index (χ1v) is 10.7. The molecule has 3 heterocycles. The Labute approximate surface area is 165 Å². The van der Waals surface area contributed by atoms with Crippen molar-refractivity contribution in [3.63, 3.8) is 0 Å². The van der Waals surface area contributed by atoms with Gasteiger partial charge < -0.3 is 23.7 Å². The highest BCUT2D eigenvalue weighted by atomic mass is 32.2. The van der Waals surface area contributed by atoms with Gasteiger partial charge in [0.2, 0.25) is 0 Å². The summed E-state index contributed by atoms with van der Waals surface area (Å²) >= 11 is 0. The second-order valence-corrected chi connectivity index (χ2v) is 9.84. The summed E-state index contributed by atoms with van der Waals surface area (Å²) in [4.78, 5) is 0.0717. The van der Waals surface area contributed by atoms with Crippen molar-refractivity contribution >= 4 is 10.1 Å². The number of hydrogen-bond acceptors (Lipinski definition) is 8. The zero-order chi connectivity index (χ0) is 20.3. The number of rotatable bonds is 4. The van der Waals surface area contributed by atoms with Gasteiger partial charge in [-0.15, -0.1) is 0 Å². The highest BCUT2D eigenvalue weighted by molar-refractivity contribution is 7.86. The van der Waals surface area contributed by atoms with Crippen molar-refractivity contribution in [1.29, 1.82) is 0 Å². The van der Waals surface area contributed by atoms with Crippen molar-refractivity contribution in [3.8, 4) is 0 Å². The van der Waals surface area contributed by atoms with E-state index in [1.165, 1.54) is 12.1 Å². The van der Waals surface area contributed by atoms with E-state index in [1.54, 1.807) is 39.8 Å². The van der Waals surface area contributed by atoms with Crippen molar-refractivity contribution < 1.29 is 36.3 Å². The fraction of sp³-hybridized carbons (Fsp3) is 0.684. The third-order valence-corrected chi connectivity index (χ3v) is 6.30. The molecule has 156 valence electrons. The Morgan fingerprint density at radius 3 is 2.25 bits per heavy atom. The zero-order valence-electron chi connectivity index (χ0n) is 16.6. The monoisotopic (exact) mass is 414 g/mol. The number of ether oxygens (including phenoxy) is 5. The molecule has 1 aromatic rings. The molecule has 4 rings (SSSR count). The average Bonchev–Trinajstić information content (AvgIpc) is 3.18. The summed E-state index contributed by atoms with van der Waals surface area (Å²) < 4.78 is 60.5. The van der Waals surface area contributed by atoms with Crippen LogP contribution in [-0.4, -0.2) is 57.3 Å². The van der Waals surface area contributed by atoms with E-state index in [1.807, 2.05) is 6.92 Å². The molecule has 0 N–H and O–H groups in total. The third-order valence-electron chi connectivity index (χ3n) is 4.97. The number of aryl methyl sites for hydroxylation is 1. The molecule has 3 saturated heterocycles. The first kappa shape index (κ1) is 20.2. The van der Waals surface area contributed by atoms with Gasteiger partial charge in [0.15, 0.2) is 17.9 Å². The fourth-order valence-corrected chi connectivity index (χ4v) is 4.79. The molecule has 1 aromatic carbocycles. The lowest BCUT2D eigenvalue weighted by Gasteiger charge is -2.28. The quantitative estimate of drug-likeness (QED) is 0.692. The Balaban J connectivity index is 1.61. The smallest absolute Gasteiger partial charge is 0.297 e. The van der Waals surface area contributed by atoms with E-state index >= 15 is 0 Å². The van der Waals surface area contributed by atoms with Crippen LogP contribution in [-0.2, 0) is 38.0 Å². The molecule has 9 heteroatoms. The Morgan fingerprint density at radius 2 is 1.64 bits per heavy atom. The average molecular weight is 414 g/mol. The highest BCUT2D eigenvalue weighted by Crippen LogP contribution is 2.42. The van der Waals surface area contributed by atoms with Crippen LogP contribution in [0.3, 0.4) is 0 Å². The number of fused-ring (bicyclic) bond motifs is 1. The molecule has 28 heavy (non-hydrogen) atoms. The Kier molecular flexibility index (Phi) is 4.86. The van der Waals surface area contributed by atoms with Crippen LogP contribution in [0.2, 0.25) is 0 Å². The first-order valence-electron chi connectivity index (χ1n) is 9.29. The Bertz CT molecular complexity index is 832. The van der Waals surface area contributed by atoms with Gasteiger partial charge in [-0.1, -0.05) is 17.7 Å². The molecule has 0 amide bonds. The van der Waals surface area contributed by atoms with Gasteiger partial charge in [0.1, 0.15) is 24.4 Å². The predicted octanol–water partition coefficient (Wildman–Crippen LogP) is 2.10. The molecular formula is C19H26O8S. The molecule has 0 unspecified atom stereocenters. The molecule has 0 radical (unpaired) electrons. The van der Waals surface area contributed by atoms with Crippen LogP contribution < -0.4 is 0 Å². The molecule has 0 spiro atoms. The van der Waals surface area contributed by atoms with Crippen LogP contribution in [0.15, 0.2) is 29.2 Å². The standard InChI is InChI=1S/C19H26O8S/c1-11-6-8-12(9-7-11)28(20,21)27-15-14(13-10-22-18(2,3)24-13)23-17-16(15)25-19(4,5)26-17/h6-9,13-17H,10H2,1-5H3/t13-,14+,15+,16+,17+/m1/s1. The van der Waals surface area contributed by atoms with Gasteiger partial charge in [-0.05, 0) is 46.8 Å². The van der Waals surface area contributed by atoms with Gasteiger partial charge in [0, 0.05) is 0 Å². The molecule has 0 aliphatic carbocycles. The van der Waals surface area contributed by atoms with Crippen LogP contribution in [0.5, 0.6) is 0 Å². The lowest BCUT2D eigenvalue weighted by Crippen LogP contribution is -2.45. The van der Waals surface area contributed by atoms with Gasteiger partial charge >= 0.3 is 0 Å². The molecule has 3 aliphatic heterocycles. The van der Waals surface area contributed by atoms with Gasteiger partial charge in [0.05, 0.1) is 11.5 Å². The summed E-state index contributed by atoms with van der Waals surface area (Å²) in [5.41, 5.74) is 0.953.